The van der Waals surface area contributed by atoms with Crippen LogP contribution in [0.3, 0.4) is 0 Å². The molecule has 17 heavy (non-hydrogen) atoms. The molecular formula is C15H13NO. The predicted molar refractivity (Wildman–Crippen MR) is 67.7 cm³/mol. The second-order valence-electron chi connectivity index (χ2n) is 4.40. The molecular weight excluding hydrogens is 210 g/mol. The van der Waals surface area contributed by atoms with E-state index < -0.39 is 0 Å². The van der Waals surface area contributed by atoms with Gasteiger partial charge in [0, 0.05) is 17.8 Å². The van der Waals surface area contributed by atoms with Gasteiger partial charge in [-0.3, -0.25) is 9.69 Å². The van der Waals surface area contributed by atoms with Crippen molar-refractivity contribution < 1.29 is 4.79 Å². The van der Waals surface area contributed by atoms with Crippen molar-refractivity contribution in [2.75, 3.05) is 0 Å². The summed E-state index contributed by atoms with van der Waals surface area (Å²) in [6.45, 7) is 2.04. The van der Waals surface area contributed by atoms with Crippen LogP contribution in [0.2, 0.25) is 0 Å². The molecule has 3 rings (SSSR count). The van der Waals surface area contributed by atoms with Gasteiger partial charge in [-0.15, -0.1) is 0 Å². The zero-order chi connectivity index (χ0) is 11.8. The third kappa shape index (κ3) is 1.62. The van der Waals surface area contributed by atoms with Crippen molar-refractivity contribution in [1.82, 2.24) is 4.90 Å². The van der Waals surface area contributed by atoms with Crippen LogP contribution >= 0.6 is 0 Å². The average Bonchev–Trinajstić information content (AvgIpc) is 2.68. The first-order valence-corrected chi connectivity index (χ1v) is 5.74. The molecule has 0 aromatic heterocycles. The number of carbonyl (C=O) groups is 1. The average molecular weight is 223 g/mol. The van der Waals surface area contributed by atoms with E-state index in [-0.39, 0.29) is 5.91 Å². The maximum atomic E-state index is 11.9. The van der Waals surface area contributed by atoms with Crippen molar-refractivity contribution in [3.63, 3.8) is 0 Å². The Hall–Kier alpha value is -2.09. The maximum absolute atomic E-state index is 11.9. The molecule has 0 aliphatic carbocycles. The molecule has 0 radical (unpaired) electrons. The Morgan fingerprint density at radius 3 is 2.71 bits per heavy atom. The summed E-state index contributed by atoms with van der Waals surface area (Å²) in [6, 6.07) is 10.0. The van der Waals surface area contributed by atoms with Crippen LogP contribution in [0.25, 0.3) is 5.57 Å². The second kappa shape index (κ2) is 3.74. The number of rotatable bonds is 1. The van der Waals surface area contributed by atoms with Crippen LogP contribution in [0.15, 0.2) is 60.0 Å². The smallest absolute Gasteiger partial charge is 0.255 e. The van der Waals surface area contributed by atoms with Gasteiger partial charge in [0.2, 0.25) is 0 Å². The van der Waals surface area contributed by atoms with E-state index in [4.69, 9.17) is 0 Å². The number of carbonyl (C=O) groups excluding carboxylic acids is 1. The number of hydrogen-bond acceptors (Lipinski definition) is 1. The predicted octanol–water partition coefficient (Wildman–Crippen LogP) is 3.10. The second-order valence-corrected chi connectivity index (χ2v) is 4.40. The molecule has 0 saturated carbocycles. The molecule has 84 valence electrons. The minimum absolute atomic E-state index is 0.0501. The summed E-state index contributed by atoms with van der Waals surface area (Å²) in [5.74, 6) is 0.0501. The highest BCUT2D eigenvalue weighted by Crippen LogP contribution is 2.35. The molecule has 1 amide bonds. The molecule has 1 aromatic rings. The molecule has 0 N–H and O–H groups in total. The first kappa shape index (κ1) is 10.1. The molecule has 0 atom stereocenters. The lowest BCUT2D eigenvalue weighted by atomic mass is 10.0. The van der Waals surface area contributed by atoms with Crippen LogP contribution in [0.1, 0.15) is 18.9 Å². The Morgan fingerprint density at radius 1 is 1.18 bits per heavy atom. The van der Waals surface area contributed by atoms with E-state index >= 15 is 0 Å². The van der Waals surface area contributed by atoms with Gasteiger partial charge < -0.3 is 0 Å². The van der Waals surface area contributed by atoms with Crippen molar-refractivity contribution in [3.05, 3.63) is 65.5 Å². The fraction of sp³-hybridized carbons (Fsp3) is 0.133. The molecule has 2 heterocycles. The maximum Gasteiger partial charge on any atom is 0.255 e. The number of hydrogen-bond donors (Lipinski definition) is 0. The molecule has 0 bridgehead atoms. The zero-order valence-electron chi connectivity index (χ0n) is 9.68. The van der Waals surface area contributed by atoms with Crippen molar-refractivity contribution in [1.29, 1.82) is 0 Å². The first-order chi connectivity index (χ1) is 8.25. The third-order valence-electron chi connectivity index (χ3n) is 3.09. The van der Waals surface area contributed by atoms with E-state index in [1.54, 1.807) is 11.0 Å². The van der Waals surface area contributed by atoms with E-state index in [0.29, 0.717) is 0 Å². The summed E-state index contributed by atoms with van der Waals surface area (Å²) in [5, 5.41) is 0. The zero-order valence-corrected chi connectivity index (χ0v) is 9.68. The number of allylic oxidation sites excluding steroid dienone is 3. The number of nitrogens with zero attached hydrogens (tertiary/aromatic N) is 1. The molecule has 0 saturated heterocycles. The Morgan fingerprint density at radius 2 is 1.94 bits per heavy atom. The van der Waals surface area contributed by atoms with Gasteiger partial charge in [-0.1, -0.05) is 42.0 Å². The molecule has 2 heteroatoms. The lowest BCUT2D eigenvalue weighted by Crippen LogP contribution is -2.20. The van der Waals surface area contributed by atoms with Crippen LogP contribution < -0.4 is 0 Å². The largest absolute Gasteiger partial charge is 0.284 e. The summed E-state index contributed by atoms with van der Waals surface area (Å²) >= 11 is 0. The summed E-state index contributed by atoms with van der Waals surface area (Å²) in [6.07, 6.45) is 6.70. The Labute approximate surface area is 101 Å². The topological polar surface area (TPSA) is 20.3 Å². The summed E-state index contributed by atoms with van der Waals surface area (Å²) in [5.41, 5.74) is 4.36. The van der Waals surface area contributed by atoms with Crippen molar-refractivity contribution >= 4 is 11.5 Å². The van der Waals surface area contributed by atoms with E-state index in [1.165, 1.54) is 5.57 Å². The van der Waals surface area contributed by atoms with Gasteiger partial charge in [-0.05, 0) is 18.9 Å². The van der Waals surface area contributed by atoms with Gasteiger partial charge in [0.1, 0.15) is 0 Å². The van der Waals surface area contributed by atoms with Gasteiger partial charge in [-0.2, -0.15) is 0 Å². The monoisotopic (exact) mass is 223 g/mol. The fourth-order valence-electron chi connectivity index (χ4n) is 2.24. The summed E-state index contributed by atoms with van der Waals surface area (Å²) < 4.78 is 0. The first-order valence-electron chi connectivity index (χ1n) is 5.74. The number of benzene rings is 1. The van der Waals surface area contributed by atoms with Crippen LogP contribution in [-0.4, -0.2) is 10.8 Å². The van der Waals surface area contributed by atoms with Crippen molar-refractivity contribution in [3.8, 4) is 0 Å². The minimum atomic E-state index is 0.0501. The van der Waals surface area contributed by atoms with Crippen LogP contribution in [0, 0.1) is 0 Å². The Balaban J connectivity index is 2.05. The standard InChI is InChI=1S/C15H13NO/c1-11-7-8-14-13(9-15(17)16(14)10-11)12-5-3-2-4-6-12/h2-6,8-10H,7H2,1H3. The van der Waals surface area contributed by atoms with Crippen LogP contribution in [-0.2, 0) is 4.79 Å². The molecule has 0 spiro atoms. The molecule has 0 fully saturated rings. The van der Waals surface area contributed by atoms with Gasteiger partial charge in [0.25, 0.3) is 5.91 Å². The van der Waals surface area contributed by atoms with Crippen molar-refractivity contribution in [2.24, 2.45) is 0 Å². The van der Waals surface area contributed by atoms with E-state index in [2.05, 4.69) is 6.08 Å². The van der Waals surface area contributed by atoms with E-state index in [1.807, 2.05) is 43.5 Å². The molecule has 1 aromatic carbocycles. The highest BCUT2D eigenvalue weighted by molar-refractivity contribution is 6.07. The Kier molecular flexibility index (Phi) is 2.22. The molecule has 2 aliphatic rings. The highest BCUT2D eigenvalue weighted by Gasteiger charge is 2.28. The number of fused-ring (bicyclic) bond motifs is 1. The molecule has 2 aliphatic heterocycles. The normalized spacial score (nSPS) is 18.5. The van der Waals surface area contributed by atoms with Crippen LogP contribution in [0.4, 0.5) is 0 Å². The minimum Gasteiger partial charge on any atom is -0.284 e. The quantitative estimate of drug-likeness (QED) is 0.716. The highest BCUT2D eigenvalue weighted by atomic mass is 16.2. The lowest BCUT2D eigenvalue weighted by molar-refractivity contribution is -0.121. The van der Waals surface area contributed by atoms with Gasteiger partial charge in [-0.25, -0.2) is 0 Å². The Bertz CT molecular complexity index is 564. The van der Waals surface area contributed by atoms with E-state index in [0.717, 1.165) is 23.3 Å². The lowest BCUT2D eigenvalue weighted by Gasteiger charge is -2.21. The number of amides is 1. The van der Waals surface area contributed by atoms with Gasteiger partial charge in [0.15, 0.2) is 0 Å². The SMILES string of the molecule is CC1=CN2C(=O)C=C(c3ccccc3)C2=CC1. The fourth-order valence-corrected chi connectivity index (χ4v) is 2.24. The molecule has 0 unspecified atom stereocenters. The van der Waals surface area contributed by atoms with Gasteiger partial charge in [0.05, 0.1) is 5.70 Å². The molecule has 2 nitrogen and oxygen atoms in total. The summed E-state index contributed by atoms with van der Waals surface area (Å²) in [4.78, 5) is 13.6. The third-order valence-corrected chi connectivity index (χ3v) is 3.09. The summed E-state index contributed by atoms with van der Waals surface area (Å²) in [7, 11) is 0. The van der Waals surface area contributed by atoms with E-state index in [9.17, 15) is 4.79 Å². The van der Waals surface area contributed by atoms with Crippen molar-refractivity contribution in [2.45, 2.75) is 13.3 Å². The van der Waals surface area contributed by atoms with Gasteiger partial charge >= 0.3 is 0 Å². The van der Waals surface area contributed by atoms with Crippen LogP contribution in [0.5, 0.6) is 0 Å².